The lowest BCUT2D eigenvalue weighted by molar-refractivity contribution is -0.115. The molecule has 1 aliphatic rings. The van der Waals surface area contributed by atoms with Crippen LogP contribution < -0.4 is 5.32 Å². The molecule has 7 heteroatoms. The Bertz CT molecular complexity index is 1080. The van der Waals surface area contributed by atoms with Gasteiger partial charge in [-0.15, -0.1) is 0 Å². The highest BCUT2D eigenvalue weighted by molar-refractivity contribution is 5.95. The highest BCUT2D eigenvalue weighted by Crippen LogP contribution is 2.20. The van der Waals surface area contributed by atoms with Gasteiger partial charge in [0.1, 0.15) is 5.82 Å². The second-order valence-corrected chi connectivity index (χ2v) is 8.06. The molecule has 0 spiro atoms. The lowest BCUT2D eigenvalue weighted by Gasteiger charge is -2.34. The summed E-state index contributed by atoms with van der Waals surface area (Å²) in [7, 11) is 0. The summed E-state index contributed by atoms with van der Waals surface area (Å²) in [5, 5.41) is 7.40. The van der Waals surface area contributed by atoms with Crippen LogP contribution in [0.4, 0.5) is 5.82 Å². The van der Waals surface area contributed by atoms with Crippen molar-refractivity contribution in [3.05, 3.63) is 77.5 Å². The number of aromatic nitrogens is 2. The van der Waals surface area contributed by atoms with E-state index in [1.54, 1.807) is 17.7 Å². The smallest absolute Gasteiger partial charge is 0.274 e. The fraction of sp³-hybridized carbons (Fsp3) is 0.320. The van der Waals surface area contributed by atoms with Gasteiger partial charge in [-0.25, -0.2) is 4.68 Å². The van der Waals surface area contributed by atoms with Crippen molar-refractivity contribution in [2.24, 2.45) is 0 Å². The van der Waals surface area contributed by atoms with Crippen LogP contribution in [0.1, 0.15) is 35.0 Å². The Morgan fingerprint density at radius 2 is 1.66 bits per heavy atom. The third-order valence-corrected chi connectivity index (χ3v) is 5.83. The Labute approximate surface area is 188 Å². The van der Waals surface area contributed by atoms with Crippen molar-refractivity contribution in [2.45, 2.75) is 26.8 Å². The minimum atomic E-state index is -0.120. The van der Waals surface area contributed by atoms with Gasteiger partial charge in [0.2, 0.25) is 5.91 Å². The van der Waals surface area contributed by atoms with Crippen LogP contribution in [0.2, 0.25) is 0 Å². The van der Waals surface area contributed by atoms with E-state index in [1.807, 2.05) is 35.2 Å². The molecule has 3 aromatic rings. The van der Waals surface area contributed by atoms with Gasteiger partial charge in [-0.05, 0) is 30.2 Å². The van der Waals surface area contributed by atoms with E-state index in [9.17, 15) is 9.59 Å². The maximum Gasteiger partial charge on any atom is 0.274 e. The van der Waals surface area contributed by atoms with Crippen molar-refractivity contribution in [3.8, 4) is 5.69 Å². The average molecular weight is 432 g/mol. The number of benzene rings is 2. The molecule has 0 saturated carbocycles. The summed E-state index contributed by atoms with van der Waals surface area (Å²) < 4.78 is 1.62. The molecule has 0 radical (unpaired) electrons. The van der Waals surface area contributed by atoms with Crippen molar-refractivity contribution < 1.29 is 9.59 Å². The van der Waals surface area contributed by atoms with E-state index in [1.165, 1.54) is 11.1 Å². The number of piperazine rings is 1. The van der Waals surface area contributed by atoms with E-state index in [2.05, 4.69) is 46.5 Å². The van der Waals surface area contributed by atoms with Gasteiger partial charge in [-0.3, -0.25) is 14.5 Å². The zero-order chi connectivity index (χ0) is 22.5. The first-order valence-corrected chi connectivity index (χ1v) is 11.1. The molecule has 4 rings (SSSR count). The fourth-order valence-electron chi connectivity index (χ4n) is 3.87. The summed E-state index contributed by atoms with van der Waals surface area (Å²) in [5.41, 5.74) is 3.75. The van der Waals surface area contributed by atoms with E-state index in [0.29, 0.717) is 31.0 Å². The quantitative estimate of drug-likeness (QED) is 0.649. The van der Waals surface area contributed by atoms with Crippen LogP contribution >= 0.6 is 0 Å². The van der Waals surface area contributed by atoms with Crippen LogP contribution in [0.25, 0.3) is 5.69 Å². The summed E-state index contributed by atoms with van der Waals surface area (Å²) in [5.74, 6) is 0.276. The molecular weight excluding hydrogens is 402 g/mol. The lowest BCUT2D eigenvalue weighted by Crippen LogP contribution is -2.48. The number of aryl methyl sites for hydroxylation is 1. The summed E-state index contributed by atoms with van der Waals surface area (Å²) >= 11 is 0. The predicted octanol–water partition coefficient (Wildman–Crippen LogP) is 3.49. The van der Waals surface area contributed by atoms with Crippen molar-refractivity contribution in [2.75, 3.05) is 31.5 Å². The summed E-state index contributed by atoms with van der Waals surface area (Å²) in [6, 6.07) is 19.6. The van der Waals surface area contributed by atoms with Gasteiger partial charge < -0.3 is 10.2 Å². The van der Waals surface area contributed by atoms with Gasteiger partial charge in [0.15, 0.2) is 5.69 Å². The number of rotatable bonds is 6. The Hall–Kier alpha value is -3.45. The normalized spacial score (nSPS) is 14.4. The molecule has 0 atom stereocenters. The van der Waals surface area contributed by atoms with Crippen molar-refractivity contribution in [1.29, 1.82) is 0 Å². The topological polar surface area (TPSA) is 70.5 Å². The molecule has 2 aromatic carbocycles. The van der Waals surface area contributed by atoms with Crippen LogP contribution in [0.15, 0.2) is 60.7 Å². The first-order valence-electron chi connectivity index (χ1n) is 11.1. The minimum absolute atomic E-state index is 0.109. The lowest BCUT2D eigenvalue weighted by atomic mass is 10.1. The van der Waals surface area contributed by atoms with Crippen LogP contribution in [0, 0.1) is 6.92 Å². The van der Waals surface area contributed by atoms with E-state index in [0.717, 1.165) is 25.3 Å². The number of para-hydroxylation sites is 1. The number of hydrogen-bond acceptors (Lipinski definition) is 4. The molecule has 1 aliphatic heterocycles. The van der Waals surface area contributed by atoms with E-state index in [-0.39, 0.29) is 11.8 Å². The molecule has 0 bridgehead atoms. The van der Waals surface area contributed by atoms with Crippen molar-refractivity contribution in [3.63, 3.8) is 0 Å². The Morgan fingerprint density at radius 3 is 2.34 bits per heavy atom. The van der Waals surface area contributed by atoms with Crippen molar-refractivity contribution >= 4 is 17.6 Å². The first kappa shape index (κ1) is 21.8. The largest absolute Gasteiger partial charge is 0.335 e. The maximum atomic E-state index is 13.2. The highest BCUT2D eigenvalue weighted by Gasteiger charge is 2.25. The third-order valence-electron chi connectivity index (χ3n) is 5.83. The van der Waals surface area contributed by atoms with Crippen LogP contribution in [-0.2, 0) is 11.3 Å². The van der Waals surface area contributed by atoms with Gasteiger partial charge in [-0.2, -0.15) is 5.10 Å². The van der Waals surface area contributed by atoms with E-state index < -0.39 is 0 Å². The SMILES string of the molecule is CCC(=O)Nc1cc(C(=O)N2CCN(Cc3ccccc3C)CC2)nn1-c1ccccc1. The second kappa shape index (κ2) is 9.78. The molecule has 1 N–H and O–H groups in total. The minimum Gasteiger partial charge on any atom is -0.335 e. The standard InChI is InChI=1S/C25H29N5O2/c1-3-24(31)26-23-17-22(27-30(23)21-11-5-4-6-12-21)25(32)29-15-13-28(14-16-29)18-20-10-8-7-9-19(20)2/h4-12,17H,3,13-16,18H2,1-2H3,(H,26,31). The maximum absolute atomic E-state index is 13.2. The van der Waals surface area contributed by atoms with Gasteiger partial charge in [0.05, 0.1) is 5.69 Å². The number of hydrogen-bond donors (Lipinski definition) is 1. The molecule has 32 heavy (non-hydrogen) atoms. The monoisotopic (exact) mass is 431 g/mol. The molecule has 1 fully saturated rings. The summed E-state index contributed by atoms with van der Waals surface area (Å²) in [6.45, 7) is 7.76. The fourth-order valence-corrected chi connectivity index (χ4v) is 3.87. The van der Waals surface area contributed by atoms with Crippen LogP contribution in [0.5, 0.6) is 0 Å². The number of nitrogens with zero attached hydrogens (tertiary/aromatic N) is 4. The summed E-state index contributed by atoms with van der Waals surface area (Å²) in [6.07, 6.45) is 0.353. The predicted molar refractivity (Wildman–Crippen MR) is 125 cm³/mol. The molecular formula is C25H29N5O2. The zero-order valence-electron chi connectivity index (χ0n) is 18.6. The number of carbonyl (C=O) groups is 2. The van der Waals surface area contributed by atoms with Crippen LogP contribution in [0.3, 0.4) is 0 Å². The highest BCUT2D eigenvalue weighted by atomic mass is 16.2. The van der Waals surface area contributed by atoms with E-state index >= 15 is 0 Å². The average Bonchev–Trinajstić information content (AvgIpc) is 3.24. The Balaban J connectivity index is 1.46. The molecule has 1 saturated heterocycles. The zero-order valence-corrected chi connectivity index (χ0v) is 18.6. The first-order chi connectivity index (χ1) is 15.5. The van der Waals surface area contributed by atoms with E-state index in [4.69, 9.17) is 0 Å². The van der Waals surface area contributed by atoms with Crippen molar-refractivity contribution in [1.82, 2.24) is 19.6 Å². The molecule has 2 heterocycles. The molecule has 166 valence electrons. The Kier molecular flexibility index (Phi) is 6.66. The number of carbonyl (C=O) groups excluding carboxylic acids is 2. The molecule has 7 nitrogen and oxygen atoms in total. The second-order valence-electron chi connectivity index (χ2n) is 8.06. The molecule has 0 unspecified atom stereocenters. The molecule has 0 aliphatic carbocycles. The molecule has 2 amide bonds. The number of nitrogens with one attached hydrogen (secondary N) is 1. The number of amides is 2. The van der Waals surface area contributed by atoms with Gasteiger partial charge >= 0.3 is 0 Å². The number of anilines is 1. The van der Waals surface area contributed by atoms with Gasteiger partial charge in [0, 0.05) is 45.2 Å². The Morgan fingerprint density at radius 1 is 0.969 bits per heavy atom. The third kappa shape index (κ3) is 4.89. The summed E-state index contributed by atoms with van der Waals surface area (Å²) in [4.78, 5) is 29.4. The van der Waals surface area contributed by atoms with Gasteiger partial charge in [-0.1, -0.05) is 49.4 Å². The van der Waals surface area contributed by atoms with Gasteiger partial charge in [0.25, 0.3) is 5.91 Å². The molecule has 1 aromatic heterocycles. The van der Waals surface area contributed by atoms with Crippen LogP contribution in [-0.4, -0.2) is 57.6 Å².